The van der Waals surface area contributed by atoms with Crippen molar-refractivity contribution in [3.8, 4) is 11.3 Å². The summed E-state index contributed by atoms with van der Waals surface area (Å²) in [4.78, 5) is 41.3. The summed E-state index contributed by atoms with van der Waals surface area (Å²) in [6, 6.07) is 15.2. The second-order valence-corrected chi connectivity index (χ2v) is 6.82. The van der Waals surface area contributed by atoms with E-state index in [-0.39, 0.29) is 24.3 Å². The van der Waals surface area contributed by atoms with E-state index in [2.05, 4.69) is 10.3 Å². The highest BCUT2D eigenvalue weighted by atomic mass is 16.2. The summed E-state index contributed by atoms with van der Waals surface area (Å²) in [6.45, 7) is 1.91. The molecule has 0 saturated heterocycles. The number of anilines is 1. The molecule has 4 rings (SSSR count). The molecule has 2 aromatic carbocycles. The third-order valence-electron chi connectivity index (χ3n) is 5.12. The molecule has 1 aromatic heterocycles. The molecular weight excluding hydrogens is 354 g/mol. The van der Waals surface area contributed by atoms with Crippen LogP contribution in [0.15, 0.2) is 54.7 Å². The number of hydrogen-bond donors (Lipinski definition) is 1. The molecule has 1 atom stereocenters. The molecule has 0 bridgehead atoms. The number of hydrogen-bond acceptors (Lipinski definition) is 4. The molecule has 0 spiro atoms. The predicted octanol–water partition coefficient (Wildman–Crippen LogP) is 3.30. The van der Waals surface area contributed by atoms with Crippen molar-refractivity contribution in [2.24, 2.45) is 0 Å². The van der Waals surface area contributed by atoms with Crippen molar-refractivity contribution >= 4 is 34.7 Å². The molecule has 6 nitrogen and oxygen atoms in total. The minimum Gasteiger partial charge on any atom is -0.305 e. The second kappa shape index (κ2) is 7.23. The van der Waals surface area contributed by atoms with Gasteiger partial charge in [-0.15, -0.1) is 0 Å². The van der Waals surface area contributed by atoms with Gasteiger partial charge in [0, 0.05) is 35.2 Å². The standard InChI is InChI=1S/C22H19N3O3/c1-14(8-11-20(27)24-13-26)25-19-7-4-5-16-15(18-6-2-3-12-23-18)9-10-17(21(16)19)22(25)28/h2-7,9-10,12-14H,8,11H2,1H3,(H,24,26,27). The molecule has 6 heteroatoms. The molecule has 2 heterocycles. The van der Waals surface area contributed by atoms with Gasteiger partial charge in [0.2, 0.25) is 12.3 Å². The normalized spacial score (nSPS) is 13.6. The Morgan fingerprint density at radius 2 is 1.96 bits per heavy atom. The quantitative estimate of drug-likeness (QED) is 0.673. The van der Waals surface area contributed by atoms with E-state index in [0.717, 1.165) is 27.7 Å². The third-order valence-corrected chi connectivity index (χ3v) is 5.12. The van der Waals surface area contributed by atoms with Crippen LogP contribution in [0, 0.1) is 0 Å². The van der Waals surface area contributed by atoms with Gasteiger partial charge in [-0.3, -0.25) is 24.7 Å². The van der Waals surface area contributed by atoms with Gasteiger partial charge >= 0.3 is 0 Å². The number of benzene rings is 2. The van der Waals surface area contributed by atoms with E-state index < -0.39 is 0 Å². The van der Waals surface area contributed by atoms with Crippen LogP contribution < -0.4 is 10.2 Å². The summed E-state index contributed by atoms with van der Waals surface area (Å²) in [7, 11) is 0. The Morgan fingerprint density at radius 1 is 1.14 bits per heavy atom. The summed E-state index contributed by atoms with van der Waals surface area (Å²) >= 11 is 0. The smallest absolute Gasteiger partial charge is 0.259 e. The highest BCUT2D eigenvalue weighted by molar-refractivity contribution is 6.27. The number of rotatable bonds is 6. The Kier molecular flexibility index (Phi) is 4.61. The average Bonchev–Trinajstić information content (AvgIpc) is 3.01. The molecule has 0 aliphatic carbocycles. The molecule has 3 aromatic rings. The number of nitrogens with zero attached hydrogens (tertiary/aromatic N) is 2. The van der Waals surface area contributed by atoms with Gasteiger partial charge in [0.1, 0.15) is 0 Å². The zero-order valence-electron chi connectivity index (χ0n) is 15.4. The lowest BCUT2D eigenvalue weighted by atomic mass is 9.98. The molecular formula is C22H19N3O3. The molecule has 1 aliphatic rings. The monoisotopic (exact) mass is 373 g/mol. The van der Waals surface area contributed by atoms with Gasteiger partial charge in [0.05, 0.1) is 11.4 Å². The SMILES string of the molecule is CC(CCC(=O)NC=O)N1C(=O)c2ccc(-c3ccccn3)c3cccc1c23. The van der Waals surface area contributed by atoms with Crippen molar-refractivity contribution in [2.75, 3.05) is 4.90 Å². The van der Waals surface area contributed by atoms with E-state index in [1.165, 1.54) is 0 Å². The summed E-state index contributed by atoms with van der Waals surface area (Å²) in [6.07, 6.45) is 2.77. The van der Waals surface area contributed by atoms with Gasteiger partial charge in [0.25, 0.3) is 5.91 Å². The lowest BCUT2D eigenvalue weighted by Gasteiger charge is -2.25. The summed E-state index contributed by atoms with van der Waals surface area (Å²) < 4.78 is 0. The van der Waals surface area contributed by atoms with Gasteiger partial charge < -0.3 is 4.90 Å². The molecule has 140 valence electrons. The number of carbonyl (C=O) groups is 3. The Balaban J connectivity index is 1.73. The first-order valence-corrected chi connectivity index (χ1v) is 9.15. The molecule has 0 radical (unpaired) electrons. The first-order valence-electron chi connectivity index (χ1n) is 9.15. The highest BCUT2D eigenvalue weighted by Crippen LogP contribution is 2.42. The van der Waals surface area contributed by atoms with Crippen LogP contribution in [0.4, 0.5) is 5.69 Å². The number of amides is 3. The molecule has 0 saturated carbocycles. The van der Waals surface area contributed by atoms with E-state index in [1.54, 1.807) is 11.1 Å². The lowest BCUT2D eigenvalue weighted by molar-refractivity contribution is -0.125. The molecule has 1 unspecified atom stereocenters. The van der Waals surface area contributed by atoms with Crippen LogP contribution in [0.25, 0.3) is 22.0 Å². The summed E-state index contributed by atoms with van der Waals surface area (Å²) in [5.74, 6) is -0.413. The van der Waals surface area contributed by atoms with Crippen molar-refractivity contribution in [3.05, 3.63) is 60.3 Å². The van der Waals surface area contributed by atoms with Crippen LogP contribution in [-0.4, -0.2) is 29.3 Å². The Morgan fingerprint density at radius 3 is 2.71 bits per heavy atom. The van der Waals surface area contributed by atoms with Gasteiger partial charge in [-0.1, -0.05) is 24.3 Å². The van der Waals surface area contributed by atoms with E-state index >= 15 is 0 Å². The summed E-state index contributed by atoms with van der Waals surface area (Å²) in [5.41, 5.74) is 3.34. The molecule has 1 aliphatic heterocycles. The van der Waals surface area contributed by atoms with Crippen LogP contribution >= 0.6 is 0 Å². The fraction of sp³-hybridized carbons (Fsp3) is 0.182. The van der Waals surface area contributed by atoms with Gasteiger partial charge in [0.15, 0.2) is 0 Å². The topological polar surface area (TPSA) is 79.4 Å². The highest BCUT2D eigenvalue weighted by Gasteiger charge is 2.33. The van der Waals surface area contributed by atoms with Crippen LogP contribution in [0.2, 0.25) is 0 Å². The number of carbonyl (C=O) groups excluding carboxylic acids is 3. The average molecular weight is 373 g/mol. The van der Waals surface area contributed by atoms with Crippen molar-refractivity contribution < 1.29 is 14.4 Å². The lowest BCUT2D eigenvalue weighted by Crippen LogP contribution is -2.36. The van der Waals surface area contributed by atoms with Crippen molar-refractivity contribution in [3.63, 3.8) is 0 Å². The molecule has 3 amide bonds. The van der Waals surface area contributed by atoms with Crippen LogP contribution in [0.1, 0.15) is 30.1 Å². The zero-order chi connectivity index (χ0) is 19.7. The fourth-order valence-electron chi connectivity index (χ4n) is 3.80. The van der Waals surface area contributed by atoms with Crippen LogP contribution in [-0.2, 0) is 9.59 Å². The maximum atomic E-state index is 13.1. The van der Waals surface area contributed by atoms with Crippen molar-refractivity contribution in [2.45, 2.75) is 25.8 Å². The van der Waals surface area contributed by atoms with Gasteiger partial charge in [-0.05, 0) is 43.0 Å². The number of pyridine rings is 1. The number of aromatic nitrogens is 1. The van der Waals surface area contributed by atoms with E-state index in [1.807, 2.05) is 55.5 Å². The van der Waals surface area contributed by atoms with Crippen LogP contribution in [0.3, 0.4) is 0 Å². The minimum absolute atomic E-state index is 0.0675. The third kappa shape index (κ3) is 2.93. The first-order chi connectivity index (χ1) is 13.6. The van der Waals surface area contributed by atoms with Crippen molar-refractivity contribution in [1.29, 1.82) is 0 Å². The fourth-order valence-corrected chi connectivity index (χ4v) is 3.80. The van der Waals surface area contributed by atoms with Gasteiger partial charge in [-0.2, -0.15) is 0 Å². The number of imide groups is 1. The largest absolute Gasteiger partial charge is 0.305 e. The zero-order valence-corrected chi connectivity index (χ0v) is 15.4. The Hall–Kier alpha value is -3.54. The molecule has 28 heavy (non-hydrogen) atoms. The van der Waals surface area contributed by atoms with Gasteiger partial charge in [-0.25, -0.2) is 0 Å². The summed E-state index contributed by atoms with van der Waals surface area (Å²) in [5, 5.41) is 4.03. The van der Waals surface area contributed by atoms with Crippen LogP contribution in [0.5, 0.6) is 0 Å². The molecule has 0 fully saturated rings. The maximum absolute atomic E-state index is 13.1. The minimum atomic E-state index is -0.346. The maximum Gasteiger partial charge on any atom is 0.259 e. The van der Waals surface area contributed by atoms with E-state index in [4.69, 9.17) is 0 Å². The number of nitrogens with one attached hydrogen (secondary N) is 1. The Bertz CT molecular complexity index is 1080. The van der Waals surface area contributed by atoms with E-state index in [0.29, 0.717) is 18.4 Å². The Labute approximate surface area is 162 Å². The van der Waals surface area contributed by atoms with Crippen molar-refractivity contribution in [1.82, 2.24) is 10.3 Å². The predicted molar refractivity (Wildman–Crippen MR) is 107 cm³/mol. The second-order valence-electron chi connectivity index (χ2n) is 6.82. The molecule has 1 N–H and O–H groups in total. The first kappa shape index (κ1) is 17.9. The van der Waals surface area contributed by atoms with E-state index in [9.17, 15) is 14.4 Å².